The predicted octanol–water partition coefficient (Wildman–Crippen LogP) is 12.3. The first-order valence-corrected chi connectivity index (χ1v) is 23.2. The number of unbranched alkanes of at least 4 members (excludes halogenated alkanes) is 16. The van der Waals surface area contributed by atoms with Gasteiger partial charge < -0.3 is 24.4 Å². The zero-order chi connectivity index (χ0) is 40.5. The van der Waals surface area contributed by atoms with Crippen LogP contribution in [0.1, 0.15) is 187 Å². The van der Waals surface area contributed by atoms with Crippen LogP contribution in [0, 0.1) is 0 Å². The van der Waals surface area contributed by atoms with E-state index in [1.807, 2.05) is 19.1 Å². The van der Waals surface area contributed by atoms with Crippen LogP contribution in [-0.4, -0.2) is 52.3 Å². The Morgan fingerprint density at radius 3 is 1.51 bits per heavy atom. The smallest absolute Gasteiger partial charge is 0.462 e. The summed E-state index contributed by atoms with van der Waals surface area (Å²) in [5.74, 6) is -0.972. The van der Waals surface area contributed by atoms with Gasteiger partial charge in [0.1, 0.15) is 6.61 Å². The van der Waals surface area contributed by atoms with Gasteiger partial charge in [0.2, 0.25) is 0 Å². The van der Waals surface area contributed by atoms with Gasteiger partial charge in [0, 0.05) is 12.8 Å². The number of aliphatic hydroxyl groups is 1. The first-order valence-electron chi connectivity index (χ1n) is 21.7. The highest BCUT2D eigenvalue weighted by atomic mass is 31.2. The second-order valence-electron chi connectivity index (χ2n) is 14.5. The third-order valence-electron chi connectivity index (χ3n) is 9.17. The normalized spacial score (nSPS) is 13.6. The number of rotatable bonds is 39. The maximum atomic E-state index is 12.4. The number of hydrogen-bond donors (Lipinski definition) is 3. The Labute approximate surface area is 335 Å². The fourth-order valence-corrected chi connectivity index (χ4v) is 6.11. The van der Waals surface area contributed by atoms with Crippen LogP contribution < -0.4 is 0 Å². The average Bonchev–Trinajstić information content (AvgIpc) is 3.16. The number of aliphatic hydroxyl groups excluding tert-OH is 1. The van der Waals surface area contributed by atoms with Crippen LogP contribution in [0.3, 0.4) is 0 Å². The van der Waals surface area contributed by atoms with E-state index in [1.54, 1.807) is 0 Å². The number of hydrogen-bond acceptors (Lipinski definition) is 7. The molecule has 3 N–H and O–H groups in total. The molecule has 318 valence electrons. The summed E-state index contributed by atoms with van der Waals surface area (Å²) in [6.07, 6.45) is 47.5. The molecule has 0 aliphatic carbocycles. The van der Waals surface area contributed by atoms with E-state index in [0.29, 0.717) is 19.3 Å². The number of carbonyl (C=O) groups excluding carboxylic acids is 2. The van der Waals surface area contributed by atoms with Crippen LogP contribution in [0.4, 0.5) is 0 Å². The van der Waals surface area contributed by atoms with E-state index in [-0.39, 0.29) is 25.6 Å². The predicted molar refractivity (Wildman–Crippen MR) is 227 cm³/mol. The second-order valence-corrected chi connectivity index (χ2v) is 15.7. The monoisotopic (exact) mass is 795 g/mol. The quantitative estimate of drug-likeness (QED) is 0.0240. The molecular formula is C45H79O9P. The Morgan fingerprint density at radius 1 is 0.545 bits per heavy atom. The van der Waals surface area contributed by atoms with E-state index in [1.165, 1.54) is 83.5 Å². The van der Waals surface area contributed by atoms with Gasteiger partial charge in [-0.1, -0.05) is 152 Å². The summed E-state index contributed by atoms with van der Waals surface area (Å²) in [5, 5.41) is 9.54. The molecule has 0 radical (unpaired) electrons. The highest BCUT2D eigenvalue weighted by Crippen LogP contribution is 2.36. The van der Waals surface area contributed by atoms with E-state index in [4.69, 9.17) is 19.3 Å². The minimum Gasteiger partial charge on any atom is -0.462 e. The largest absolute Gasteiger partial charge is 0.469 e. The Balaban J connectivity index is 4.00. The molecule has 0 aromatic heterocycles. The number of carbonyl (C=O) groups is 2. The Morgan fingerprint density at radius 2 is 0.982 bits per heavy atom. The molecule has 0 aliphatic rings. The first kappa shape index (κ1) is 52.7. The Kier molecular flexibility index (Phi) is 38.3. The summed E-state index contributed by atoms with van der Waals surface area (Å²) in [6, 6.07) is 0. The molecule has 0 aromatic rings. The number of allylic oxidation sites excluding steroid dienone is 10. The van der Waals surface area contributed by atoms with Crippen molar-refractivity contribution in [3.05, 3.63) is 60.8 Å². The third-order valence-corrected chi connectivity index (χ3v) is 9.66. The maximum absolute atomic E-state index is 12.4. The number of phosphoric ester groups is 1. The zero-order valence-corrected chi connectivity index (χ0v) is 35.6. The lowest BCUT2D eigenvalue weighted by atomic mass is 10.1. The van der Waals surface area contributed by atoms with Crippen molar-refractivity contribution in [2.45, 2.75) is 199 Å². The van der Waals surface area contributed by atoms with Gasteiger partial charge in [0.15, 0.2) is 6.10 Å². The molecule has 0 saturated carbocycles. The maximum Gasteiger partial charge on any atom is 0.469 e. The Bertz CT molecular complexity index is 1090. The summed E-state index contributed by atoms with van der Waals surface area (Å²) in [4.78, 5) is 42.9. The summed E-state index contributed by atoms with van der Waals surface area (Å²) in [6.45, 7) is 3.36. The highest BCUT2D eigenvalue weighted by molar-refractivity contribution is 7.46. The van der Waals surface area contributed by atoms with E-state index < -0.39 is 32.5 Å². The third kappa shape index (κ3) is 42.7. The molecule has 0 bridgehead atoms. The minimum atomic E-state index is -4.78. The van der Waals surface area contributed by atoms with Crippen molar-refractivity contribution in [2.24, 2.45) is 0 Å². The highest BCUT2D eigenvalue weighted by Gasteiger charge is 2.22. The molecule has 0 rings (SSSR count). The molecule has 0 fully saturated rings. The van der Waals surface area contributed by atoms with E-state index in [9.17, 15) is 19.3 Å². The number of ether oxygens (including phenoxy) is 2. The van der Waals surface area contributed by atoms with Crippen molar-refractivity contribution >= 4 is 19.8 Å². The molecule has 0 saturated heterocycles. The van der Waals surface area contributed by atoms with Gasteiger partial charge >= 0.3 is 19.8 Å². The molecule has 0 unspecified atom stereocenters. The summed E-state index contributed by atoms with van der Waals surface area (Å²) in [7, 11) is -4.78. The van der Waals surface area contributed by atoms with Gasteiger partial charge in [-0.15, -0.1) is 0 Å². The van der Waals surface area contributed by atoms with Crippen molar-refractivity contribution in [2.75, 3.05) is 13.2 Å². The second kappa shape index (κ2) is 39.9. The Hall–Kier alpha value is -2.29. The molecule has 0 aliphatic heterocycles. The van der Waals surface area contributed by atoms with Crippen LogP contribution in [0.5, 0.6) is 0 Å². The van der Waals surface area contributed by atoms with Crippen molar-refractivity contribution in [3.63, 3.8) is 0 Å². The molecule has 2 atom stereocenters. The van der Waals surface area contributed by atoms with E-state index >= 15 is 0 Å². The topological polar surface area (TPSA) is 140 Å². The molecule has 55 heavy (non-hydrogen) atoms. The minimum absolute atomic E-state index is 0.121. The van der Waals surface area contributed by atoms with Gasteiger partial charge in [-0.2, -0.15) is 0 Å². The molecule has 0 amide bonds. The van der Waals surface area contributed by atoms with Gasteiger partial charge in [0.05, 0.1) is 12.7 Å². The fourth-order valence-electron chi connectivity index (χ4n) is 5.75. The van der Waals surface area contributed by atoms with E-state index in [2.05, 4.69) is 60.1 Å². The summed E-state index contributed by atoms with van der Waals surface area (Å²) < 4.78 is 26.3. The van der Waals surface area contributed by atoms with Crippen molar-refractivity contribution < 1.29 is 43.0 Å². The standard InChI is InChI=1S/C45H79O9P/c1-3-5-6-7-8-9-10-11-12-13-14-15-16-20-23-26-29-32-35-38-44(47)52-40-43(41-53-55(49,50)51)54-45(48)39-36-33-30-27-24-21-18-17-19-22-25-28-31-34-37-42(46)4-2/h11-12,18-19,21-22,27-28,30-31,42-43,46H,3-10,13-17,20,23-26,29,32-41H2,1-2H3,(H2,49,50,51)/b12-11-,21-18-,22-19-,30-27-,31-28-/t42-,43-/m1/s1. The first-order chi connectivity index (χ1) is 26.7. The van der Waals surface area contributed by atoms with Crippen molar-refractivity contribution in [1.29, 1.82) is 0 Å². The lowest BCUT2D eigenvalue weighted by molar-refractivity contribution is -0.161. The summed E-state index contributed by atoms with van der Waals surface area (Å²) in [5.41, 5.74) is 0. The fraction of sp³-hybridized carbons (Fsp3) is 0.733. The molecule has 0 heterocycles. The number of phosphoric acid groups is 1. The zero-order valence-electron chi connectivity index (χ0n) is 34.7. The molecular weight excluding hydrogens is 715 g/mol. The van der Waals surface area contributed by atoms with Gasteiger partial charge in [-0.25, -0.2) is 4.57 Å². The molecule has 10 heteroatoms. The van der Waals surface area contributed by atoms with Crippen LogP contribution in [0.2, 0.25) is 0 Å². The summed E-state index contributed by atoms with van der Waals surface area (Å²) >= 11 is 0. The van der Waals surface area contributed by atoms with Crippen molar-refractivity contribution in [3.8, 4) is 0 Å². The van der Waals surface area contributed by atoms with Crippen LogP contribution in [0.15, 0.2) is 60.8 Å². The van der Waals surface area contributed by atoms with Crippen LogP contribution >= 0.6 is 7.82 Å². The lowest BCUT2D eigenvalue weighted by Crippen LogP contribution is -2.29. The lowest BCUT2D eigenvalue weighted by Gasteiger charge is -2.18. The van der Waals surface area contributed by atoms with Crippen molar-refractivity contribution in [1.82, 2.24) is 0 Å². The number of esters is 2. The van der Waals surface area contributed by atoms with Gasteiger partial charge in [0.25, 0.3) is 0 Å². The molecule has 9 nitrogen and oxygen atoms in total. The molecule has 0 spiro atoms. The van der Waals surface area contributed by atoms with Gasteiger partial charge in [-0.05, 0) is 83.5 Å². The SMILES string of the molecule is CCCCCCCC/C=C\CCCCCCCCCCCC(=O)OC[C@H](COP(=O)(O)O)OC(=O)CCC/C=C\C/C=C\C/C=C\C/C=C\CC[C@H](O)CC. The van der Waals surface area contributed by atoms with Gasteiger partial charge in [-0.3, -0.25) is 14.1 Å². The van der Waals surface area contributed by atoms with Crippen LogP contribution in [0.25, 0.3) is 0 Å². The van der Waals surface area contributed by atoms with E-state index in [0.717, 1.165) is 57.8 Å². The molecule has 0 aromatic carbocycles. The van der Waals surface area contributed by atoms with Crippen LogP contribution in [-0.2, 0) is 28.2 Å². The average molecular weight is 795 g/mol.